The van der Waals surface area contributed by atoms with Crippen LogP contribution in [0, 0.1) is 19.7 Å². The quantitative estimate of drug-likeness (QED) is 0.364. The lowest BCUT2D eigenvalue weighted by Crippen LogP contribution is -2.31. The molecule has 1 amide bonds. The van der Waals surface area contributed by atoms with Crippen molar-refractivity contribution in [3.8, 4) is 0 Å². The summed E-state index contributed by atoms with van der Waals surface area (Å²) in [5.41, 5.74) is 1.57. The molecule has 3 heterocycles. The fourth-order valence-electron chi connectivity index (χ4n) is 4.22. The molecule has 1 aromatic carbocycles. The monoisotopic (exact) mass is 437 g/mol. The number of amides is 1. The third-order valence-electron chi connectivity index (χ3n) is 5.86. The molecule has 0 radical (unpaired) electrons. The lowest BCUT2D eigenvalue weighted by molar-refractivity contribution is -0.140. The number of aliphatic hydroxyl groups is 1. The molecule has 1 fully saturated rings. The van der Waals surface area contributed by atoms with Gasteiger partial charge in [-0.15, -0.1) is 0 Å². The Morgan fingerprint density at radius 2 is 1.94 bits per heavy atom. The van der Waals surface area contributed by atoms with Crippen LogP contribution < -0.4 is 0 Å². The Balaban J connectivity index is 1.80. The molecule has 1 atom stereocenters. The van der Waals surface area contributed by atoms with Crippen molar-refractivity contribution < 1.29 is 19.1 Å². The van der Waals surface area contributed by atoms with Crippen molar-refractivity contribution >= 4 is 17.4 Å². The topological polar surface area (TPSA) is 93.2 Å². The number of hydrogen-bond donors (Lipinski definition) is 1. The van der Waals surface area contributed by atoms with Gasteiger partial charge in [-0.2, -0.15) is 5.10 Å². The standard InChI is InChI=1S/C23H24FN5O3/c1-14-18(15(2)27(3)26-14)21(30)19-20(16-7-4-5-8-17(16)24)29(23(32)22(19)31)11-6-10-28-12-9-25-13-28/h4-5,7-9,12-13,20,30H,6,10-11H2,1-3H3/t20-/m0/s1. The number of nitrogens with zero attached hydrogens (tertiary/aromatic N) is 5. The molecule has 0 saturated carbocycles. The summed E-state index contributed by atoms with van der Waals surface area (Å²) in [6.07, 6.45) is 5.65. The third-order valence-corrected chi connectivity index (χ3v) is 5.86. The Labute approximate surface area is 184 Å². The number of aliphatic hydroxyl groups excluding tert-OH is 1. The average Bonchev–Trinajstić information content (AvgIpc) is 3.42. The van der Waals surface area contributed by atoms with Gasteiger partial charge in [0.05, 0.1) is 29.2 Å². The zero-order chi connectivity index (χ0) is 23.0. The minimum Gasteiger partial charge on any atom is -0.507 e. The van der Waals surface area contributed by atoms with Gasteiger partial charge in [0.15, 0.2) is 0 Å². The largest absolute Gasteiger partial charge is 0.507 e. The SMILES string of the molecule is Cc1nn(C)c(C)c1C(O)=C1C(=O)C(=O)N(CCCn2ccnc2)[C@H]1c1ccccc1F. The van der Waals surface area contributed by atoms with Gasteiger partial charge in [0.25, 0.3) is 11.7 Å². The van der Waals surface area contributed by atoms with Crippen molar-refractivity contribution in [2.24, 2.45) is 7.05 Å². The van der Waals surface area contributed by atoms with Gasteiger partial charge in [-0.3, -0.25) is 14.3 Å². The Bertz CT molecular complexity index is 1210. The molecule has 9 heteroatoms. The summed E-state index contributed by atoms with van der Waals surface area (Å²) in [6.45, 7) is 4.26. The molecular weight excluding hydrogens is 413 g/mol. The maximum Gasteiger partial charge on any atom is 0.295 e. The number of aromatic nitrogens is 4. The molecule has 1 N–H and O–H groups in total. The van der Waals surface area contributed by atoms with Crippen LogP contribution >= 0.6 is 0 Å². The van der Waals surface area contributed by atoms with Crippen LogP contribution in [0.5, 0.6) is 0 Å². The van der Waals surface area contributed by atoms with Gasteiger partial charge in [0.2, 0.25) is 0 Å². The first kappa shape index (κ1) is 21.5. The van der Waals surface area contributed by atoms with E-state index in [0.717, 1.165) is 0 Å². The Morgan fingerprint density at radius 3 is 2.56 bits per heavy atom. The number of imidazole rings is 1. The highest BCUT2D eigenvalue weighted by molar-refractivity contribution is 6.46. The van der Waals surface area contributed by atoms with E-state index in [-0.39, 0.29) is 23.4 Å². The number of carbonyl (C=O) groups is 2. The molecule has 0 unspecified atom stereocenters. The van der Waals surface area contributed by atoms with Crippen LogP contribution in [-0.4, -0.2) is 47.6 Å². The first-order valence-electron chi connectivity index (χ1n) is 10.3. The zero-order valence-electron chi connectivity index (χ0n) is 18.1. The van der Waals surface area contributed by atoms with Crippen LogP contribution in [0.25, 0.3) is 5.76 Å². The van der Waals surface area contributed by atoms with Crippen molar-refractivity contribution in [1.29, 1.82) is 0 Å². The molecule has 0 spiro atoms. The Morgan fingerprint density at radius 1 is 1.19 bits per heavy atom. The van der Waals surface area contributed by atoms with E-state index in [9.17, 15) is 19.1 Å². The van der Waals surface area contributed by atoms with Gasteiger partial charge in [-0.05, 0) is 26.3 Å². The van der Waals surface area contributed by atoms with E-state index in [2.05, 4.69) is 10.1 Å². The summed E-state index contributed by atoms with van der Waals surface area (Å²) < 4.78 is 18.3. The number of likely N-dealkylation sites (tertiary alicyclic amines) is 1. The van der Waals surface area contributed by atoms with Crippen LogP contribution in [0.2, 0.25) is 0 Å². The van der Waals surface area contributed by atoms with Crippen molar-refractivity contribution in [3.63, 3.8) is 0 Å². The summed E-state index contributed by atoms with van der Waals surface area (Å²) >= 11 is 0. The molecule has 3 aromatic rings. The molecule has 1 aliphatic heterocycles. The number of hydrogen-bond acceptors (Lipinski definition) is 5. The number of ketones is 1. The first-order valence-corrected chi connectivity index (χ1v) is 10.3. The smallest absolute Gasteiger partial charge is 0.295 e. The van der Waals surface area contributed by atoms with E-state index in [4.69, 9.17) is 0 Å². The van der Waals surface area contributed by atoms with Crippen molar-refractivity contribution in [1.82, 2.24) is 24.2 Å². The number of halogens is 1. The molecule has 4 rings (SSSR count). The molecule has 32 heavy (non-hydrogen) atoms. The fourth-order valence-corrected chi connectivity index (χ4v) is 4.22. The second kappa shape index (κ2) is 8.41. The Hall–Kier alpha value is -3.75. The second-order valence-electron chi connectivity index (χ2n) is 7.84. The van der Waals surface area contributed by atoms with Crippen LogP contribution in [0.3, 0.4) is 0 Å². The van der Waals surface area contributed by atoms with Gasteiger partial charge < -0.3 is 14.6 Å². The predicted molar refractivity (Wildman–Crippen MR) is 115 cm³/mol. The number of aryl methyl sites for hydroxylation is 3. The summed E-state index contributed by atoms with van der Waals surface area (Å²) in [5, 5.41) is 15.5. The molecule has 2 aromatic heterocycles. The van der Waals surface area contributed by atoms with Gasteiger partial charge in [-0.1, -0.05) is 18.2 Å². The van der Waals surface area contributed by atoms with E-state index in [1.165, 1.54) is 17.0 Å². The van der Waals surface area contributed by atoms with Crippen LogP contribution in [0.1, 0.15) is 35.0 Å². The van der Waals surface area contributed by atoms with Crippen LogP contribution in [0.4, 0.5) is 4.39 Å². The second-order valence-corrected chi connectivity index (χ2v) is 7.84. The molecule has 8 nitrogen and oxygen atoms in total. The highest BCUT2D eigenvalue weighted by Crippen LogP contribution is 2.41. The summed E-state index contributed by atoms with van der Waals surface area (Å²) in [5.74, 6) is -2.48. The summed E-state index contributed by atoms with van der Waals surface area (Å²) in [7, 11) is 1.72. The molecule has 166 valence electrons. The average molecular weight is 437 g/mol. The molecular formula is C23H24FN5O3. The summed E-state index contributed by atoms with van der Waals surface area (Å²) in [6, 6.07) is 4.97. The normalized spacial score (nSPS) is 18.0. The minimum absolute atomic E-state index is 0.123. The molecule has 1 aliphatic rings. The zero-order valence-corrected chi connectivity index (χ0v) is 18.1. The highest BCUT2D eigenvalue weighted by Gasteiger charge is 2.47. The lowest BCUT2D eigenvalue weighted by atomic mass is 9.94. The van der Waals surface area contributed by atoms with Gasteiger partial charge in [-0.25, -0.2) is 9.37 Å². The number of Topliss-reactive ketones (excluding diaryl/α,β-unsaturated/α-hetero) is 1. The first-order chi connectivity index (χ1) is 15.3. The van der Waals surface area contributed by atoms with Gasteiger partial charge in [0, 0.05) is 43.8 Å². The van der Waals surface area contributed by atoms with E-state index in [1.807, 2.05) is 4.57 Å². The van der Waals surface area contributed by atoms with Crippen LogP contribution in [-0.2, 0) is 23.2 Å². The molecule has 0 aliphatic carbocycles. The van der Waals surface area contributed by atoms with Gasteiger partial charge >= 0.3 is 0 Å². The maximum absolute atomic E-state index is 14.8. The van der Waals surface area contributed by atoms with E-state index in [0.29, 0.717) is 29.9 Å². The third kappa shape index (κ3) is 3.59. The fraction of sp³-hybridized carbons (Fsp3) is 0.304. The predicted octanol–water partition coefficient (Wildman–Crippen LogP) is 2.88. The number of rotatable bonds is 6. The van der Waals surface area contributed by atoms with E-state index in [1.54, 1.807) is 56.4 Å². The van der Waals surface area contributed by atoms with E-state index < -0.39 is 23.5 Å². The van der Waals surface area contributed by atoms with Crippen molar-refractivity contribution in [2.75, 3.05) is 6.54 Å². The summed E-state index contributed by atoms with van der Waals surface area (Å²) in [4.78, 5) is 31.4. The maximum atomic E-state index is 14.8. The van der Waals surface area contributed by atoms with E-state index >= 15 is 0 Å². The van der Waals surface area contributed by atoms with Gasteiger partial charge in [0.1, 0.15) is 11.6 Å². The van der Waals surface area contributed by atoms with Crippen LogP contribution in [0.15, 0.2) is 48.6 Å². The Kier molecular flexibility index (Phi) is 5.65. The highest BCUT2D eigenvalue weighted by atomic mass is 19.1. The minimum atomic E-state index is -1.03. The number of benzene rings is 1. The van der Waals surface area contributed by atoms with Crippen molar-refractivity contribution in [2.45, 2.75) is 32.9 Å². The van der Waals surface area contributed by atoms with Crippen molar-refractivity contribution in [3.05, 3.63) is 76.9 Å². The number of carbonyl (C=O) groups excluding carboxylic acids is 2. The molecule has 0 bridgehead atoms. The lowest BCUT2D eigenvalue weighted by Gasteiger charge is -2.25. The molecule has 1 saturated heterocycles.